The average Bonchev–Trinajstić information content (AvgIpc) is 2.28. The zero-order valence-electron chi connectivity index (χ0n) is 9.66. The first-order valence-corrected chi connectivity index (χ1v) is 6.63. The highest BCUT2D eigenvalue weighted by molar-refractivity contribution is 9.11. The van der Waals surface area contributed by atoms with E-state index in [1.807, 2.05) is 0 Å². The summed E-state index contributed by atoms with van der Waals surface area (Å²) in [7, 11) is 3.17. The molecule has 0 saturated heterocycles. The Morgan fingerprint density at radius 1 is 1.22 bits per heavy atom. The molecule has 1 aromatic heterocycles. The third kappa shape index (κ3) is 2.35. The van der Waals surface area contributed by atoms with E-state index in [-0.39, 0.29) is 11.5 Å². The second-order valence-corrected chi connectivity index (χ2v) is 5.72. The Labute approximate surface area is 120 Å². The summed E-state index contributed by atoms with van der Waals surface area (Å²) in [5.41, 5.74) is -0.180. The van der Waals surface area contributed by atoms with Crippen LogP contribution >= 0.6 is 31.9 Å². The van der Waals surface area contributed by atoms with Gasteiger partial charge in [-0.3, -0.25) is 4.79 Å². The molecule has 1 aromatic carbocycles. The van der Waals surface area contributed by atoms with Crippen LogP contribution in [0.1, 0.15) is 10.4 Å². The van der Waals surface area contributed by atoms with Crippen LogP contribution in [0.3, 0.4) is 0 Å². The predicted octanol–water partition coefficient (Wildman–Crippen LogP) is 3.02. The molecule has 0 aliphatic rings. The van der Waals surface area contributed by atoms with Crippen molar-refractivity contribution in [3.8, 4) is 0 Å². The molecule has 0 saturated carbocycles. The summed E-state index contributed by atoms with van der Waals surface area (Å²) in [6.45, 7) is 0. The zero-order chi connectivity index (χ0) is 13.4. The molecule has 1 amide bonds. The minimum absolute atomic E-state index is 0.0255. The minimum Gasteiger partial charge on any atom is -0.421 e. The summed E-state index contributed by atoms with van der Waals surface area (Å²) in [5.74, 6) is -0.373. The summed E-state index contributed by atoms with van der Waals surface area (Å²) in [6.07, 6.45) is 0. The summed E-state index contributed by atoms with van der Waals surface area (Å²) in [5, 5.41) is 0.682. The van der Waals surface area contributed by atoms with Gasteiger partial charge in [-0.15, -0.1) is 0 Å². The lowest BCUT2D eigenvalue weighted by atomic mass is 10.2. The van der Waals surface area contributed by atoms with Crippen LogP contribution in [-0.4, -0.2) is 24.9 Å². The molecular weight excluding hydrogens is 366 g/mol. The first-order chi connectivity index (χ1) is 8.40. The van der Waals surface area contributed by atoms with Crippen molar-refractivity contribution in [1.82, 2.24) is 4.90 Å². The van der Waals surface area contributed by atoms with Crippen molar-refractivity contribution in [2.75, 3.05) is 14.1 Å². The molecule has 0 fully saturated rings. The largest absolute Gasteiger partial charge is 0.421 e. The second-order valence-electron chi connectivity index (χ2n) is 3.95. The molecule has 0 N–H and O–H groups in total. The van der Waals surface area contributed by atoms with Crippen molar-refractivity contribution >= 4 is 48.7 Å². The van der Waals surface area contributed by atoms with Gasteiger partial charge in [-0.05, 0) is 34.1 Å². The van der Waals surface area contributed by atoms with Crippen LogP contribution in [0.25, 0.3) is 11.0 Å². The number of carbonyl (C=O) groups excluding carboxylic acids is 1. The molecule has 94 valence electrons. The van der Waals surface area contributed by atoms with Crippen LogP contribution in [0.15, 0.2) is 36.4 Å². The van der Waals surface area contributed by atoms with Crippen molar-refractivity contribution in [2.24, 2.45) is 0 Å². The number of hydrogen-bond acceptors (Lipinski definition) is 3. The fraction of sp³-hybridized carbons (Fsp3) is 0.167. The van der Waals surface area contributed by atoms with Crippen molar-refractivity contribution < 1.29 is 9.21 Å². The van der Waals surface area contributed by atoms with E-state index in [9.17, 15) is 9.59 Å². The summed E-state index contributed by atoms with van der Waals surface area (Å²) >= 11 is 6.66. The highest BCUT2D eigenvalue weighted by Gasteiger charge is 2.16. The summed E-state index contributed by atoms with van der Waals surface area (Å²) in [4.78, 5) is 24.9. The third-order valence-electron chi connectivity index (χ3n) is 2.39. The molecule has 0 radical (unpaired) electrons. The molecule has 2 aromatic rings. The fourth-order valence-corrected chi connectivity index (χ4v) is 2.89. The molecule has 0 aliphatic carbocycles. The quantitative estimate of drug-likeness (QED) is 0.721. The topological polar surface area (TPSA) is 50.5 Å². The van der Waals surface area contributed by atoms with E-state index in [2.05, 4.69) is 31.9 Å². The molecular formula is C12H9Br2NO3. The van der Waals surface area contributed by atoms with Gasteiger partial charge in [-0.25, -0.2) is 4.79 Å². The van der Waals surface area contributed by atoms with Gasteiger partial charge < -0.3 is 9.32 Å². The molecule has 0 atom stereocenters. The molecule has 4 nitrogen and oxygen atoms in total. The lowest BCUT2D eigenvalue weighted by Gasteiger charge is -2.09. The molecule has 0 aliphatic heterocycles. The van der Waals surface area contributed by atoms with E-state index in [0.29, 0.717) is 15.4 Å². The van der Waals surface area contributed by atoms with Gasteiger partial charge in [0.25, 0.3) is 5.91 Å². The van der Waals surface area contributed by atoms with Crippen molar-refractivity contribution in [3.63, 3.8) is 0 Å². The Morgan fingerprint density at radius 3 is 2.50 bits per heavy atom. The number of fused-ring (bicyclic) bond motifs is 1. The Balaban J connectivity index is 2.76. The van der Waals surface area contributed by atoms with Gasteiger partial charge >= 0.3 is 5.63 Å². The number of carbonyl (C=O) groups is 1. The highest BCUT2D eigenvalue weighted by Crippen LogP contribution is 2.28. The SMILES string of the molecule is CN(C)C(=O)c1cc2cc(Br)cc(Br)c2oc1=O. The molecule has 18 heavy (non-hydrogen) atoms. The first-order valence-electron chi connectivity index (χ1n) is 5.04. The molecule has 2 rings (SSSR count). The number of hydrogen-bond donors (Lipinski definition) is 0. The lowest BCUT2D eigenvalue weighted by Crippen LogP contribution is -2.27. The van der Waals surface area contributed by atoms with Crippen LogP contribution in [0, 0.1) is 0 Å². The normalized spacial score (nSPS) is 10.7. The highest BCUT2D eigenvalue weighted by atomic mass is 79.9. The van der Waals surface area contributed by atoms with Crippen LogP contribution < -0.4 is 5.63 Å². The number of nitrogens with zero attached hydrogens (tertiary/aromatic N) is 1. The lowest BCUT2D eigenvalue weighted by molar-refractivity contribution is 0.0823. The molecule has 0 spiro atoms. The molecule has 6 heteroatoms. The van der Waals surface area contributed by atoms with Crippen molar-refractivity contribution in [2.45, 2.75) is 0 Å². The fourth-order valence-electron chi connectivity index (χ4n) is 1.55. The number of benzene rings is 1. The summed E-state index contributed by atoms with van der Waals surface area (Å²) < 4.78 is 6.67. The van der Waals surface area contributed by atoms with E-state index < -0.39 is 5.63 Å². The molecule has 1 heterocycles. The maximum Gasteiger partial charge on any atom is 0.349 e. The van der Waals surface area contributed by atoms with Gasteiger partial charge in [0.15, 0.2) is 5.58 Å². The van der Waals surface area contributed by atoms with Crippen LogP contribution in [0.5, 0.6) is 0 Å². The van der Waals surface area contributed by atoms with E-state index in [1.54, 1.807) is 32.3 Å². The maximum atomic E-state index is 11.8. The predicted molar refractivity (Wildman–Crippen MR) is 75.9 cm³/mol. The standard InChI is InChI=1S/C12H9Br2NO3/c1-15(2)11(16)8-4-6-3-7(13)5-9(14)10(6)18-12(8)17/h3-5H,1-2H3. The molecule has 0 unspecified atom stereocenters. The van der Waals surface area contributed by atoms with Gasteiger partial charge in [0.05, 0.1) is 4.47 Å². The van der Waals surface area contributed by atoms with E-state index in [0.717, 1.165) is 4.47 Å². The van der Waals surface area contributed by atoms with E-state index >= 15 is 0 Å². The number of amides is 1. The van der Waals surface area contributed by atoms with Gasteiger partial charge in [0.1, 0.15) is 5.56 Å². The van der Waals surface area contributed by atoms with Crippen molar-refractivity contribution in [1.29, 1.82) is 0 Å². The number of halogens is 2. The Morgan fingerprint density at radius 2 is 1.89 bits per heavy atom. The average molecular weight is 375 g/mol. The Kier molecular flexibility index (Phi) is 3.59. The van der Waals surface area contributed by atoms with Gasteiger partial charge in [-0.2, -0.15) is 0 Å². The van der Waals surface area contributed by atoms with Crippen LogP contribution in [0.4, 0.5) is 0 Å². The monoisotopic (exact) mass is 373 g/mol. The molecule has 0 bridgehead atoms. The first kappa shape index (κ1) is 13.3. The van der Waals surface area contributed by atoms with E-state index in [1.165, 1.54) is 4.90 Å². The minimum atomic E-state index is -0.635. The van der Waals surface area contributed by atoms with Crippen LogP contribution in [-0.2, 0) is 0 Å². The summed E-state index contributed by atoms with van der Waals surface area (Å²) in [6, 6.07) is 5.10. The zero-order valence-corrected chi connectivity index (χ0v) is 12.8. The second kappa shape index (κ2) is 4.85. The van der Waals surface area contributed by atoms with Gasteiger partial charge in [-0.1, -0.05) is 15.9 Å². The Hall–Kier alpha value is -1.14. The van der Waals surface area contributed by atoms with Crippen LogP contribution in [0.2, 0.25) is 0 Å². The van der Waals surface area contributed by atoms with Crippen molar-refractivity contribution in [3.05, 3.63) is 43.1 Å². The maximum absolute atomic E-state index is 11.8. The third-order valence-corrected chi connectivity index (χ3v) is 3.44. The smallest absolute Gasteiger partial charge is 0.349 e. The van der Waals surface area contributed by atoms with Gasteiger partial charge in [0, 0.05) is 24.0 Å². The van der Waals surface area contributed by atoms with E-state index in [4.69, 9.17) is 4.42 Å². The Bertz CT molecular complexity index is 692. The number of rotatable bonds is 1. The van der Waals surface area contributed by atoms with Gasteiger partial charge in [0.2, 0.25) is 0 Å².